The first-order valence-electron chi connectivity index (χ1n) is 11.9. The predicted octanol–water partition coefficient (Wildman–Crippen LogP) is 4.63. The number of hydrogen-bond acceptors (Lipinski definition) is 6. The Morgan fingerprint density at radius 3 is 2.43 bits per heavy atom. The standard InChI is InChI=1S/C28H25N3O5S/c32-28(33)20-11-9-19(10-12-20)18-36-26-16-22-6-3-5-21(22)15-24(26)31-37(34,35)27-8-4-14-30-25(27)17-23-7-1-2-13-29-23/h1-2,4,7-16,31H,3,5-6,17-18H2,(H,32,33). The zero-order valence-corrected chi connectivity index (χ0v) is 20.7. The second-order valence-corrected chi connectivity index (χ2v) is 10.5. The van der Waals surface area contributed by atoms with E-state index in [-0.39, 0.29) is 23.5 Å². The van der Waals surface area contributed by atoms with E-state index in [4.69, 9.17) is 9.84 Å². The van der Waals surface area contributed by atoms with E-state index in [2.05, 4.69) is 14.7 Å². The van der Waals surface area contributed by atoms with Crippen molar-refractivity contribution < 1.29 is 23.1 Å². The van der Waals surface area contributed by atoms with Crippen LogP contribution in [0.5, 0.6) is 5.75 Å². The number of nitrogens with zero attached hydrogens (tertiary/aromatic N) is 2. The van der Waals surface area contributed by atoms with Crippen molar-refractivity contribution in [3.63, 3.8) is 0 Å². The molecule has 2 aromatic heterocycles. The summed E-state index contributed by atoms with van der Waals surface area (Å²) in [7, 11) is -3.99. The number of carboxylic acids is 1. The first kappa shape index (κ1) is 24.5. The zero-order valence-electron chi connectivity index (χ0n) is 19.9. The number of carboxylic acid groups (broad SMARTS) is 1. The summed E-state index contributed by atoms with van der Waals surface area (Å²) in [4.78, 5) is 19.8. The molecule has 1 aliphatic rings. The molecule has 1 aliphatic carbocycles. The number of hydrogen-bond donors (Lipinski definition) is 2. The quantitative estimate of drug-likeness (QED) is 0.333. The van der Waals surface area contributed by atoms with Crippen LogP contribution in [0, 0.1) is 0 Å². The van der Waals surface area contributed by atoms with Gasteiger partial charge in [-0.3, -0.25) is 14.7 Å². The number of aromatic nitrogens is 2. The number of benzene rings is 2. The van der Waals surface area contributed by atoms with Crippen LogP contribution in [0.2, 0.25) is 0 Å². The number of sulfonamides is 1. The third-order valence-electron chi connectivity index (χ3n) is 6.25. The smallest absolute Gasteiger partial charge is 0.335 e. The van der Waals surface area contributed by atoms with Gasteiger partial charge in [-0.1, -0.05) is 18.2 Å². The van der Waals surface area contributed by atoms with Crippen LogP contribution < -0.4 is 9.46 Å². The van der Waals surface area contributed by atoms with Crippen LogP contribution in [0.1, 0.15) is 44.9 Å². The molecule has 0 bridgehead atoms. The fourth-order valence-electron chi connectivity index (χ4n) is 4.38. The first-order chi connectivity index (χ1) is 17.9. The molecule has 8 nitrogen and oxygen atoms in total. The van der Waals surface area contributed by atoms with Crippen LogP contribution >= 0.6 is 0 Å². The lowest BCUT2D eigenvalue weighted by molar-refractivity contribution is 0.0697. The summed E-state index contributed by atoms with van der Waals surface area (Å²) >= 11 is 0. The second-order valence-electron chi connectivity index (χ2n) is 8.81. The van der Waals surface area contributed by atoms with Gasteiger partial charge in [-0.2, -0.15) is 0 Å². The van der Waals surface area contributed by atoms with Gasteiger partial charge in [0.1, 0.15) is 17.3 Å². The molecule has 0 spiro atoms. The Hall–Kier alpha value is -4.24. The minimum absolute atomic E-state index is 0.0800. The third kappa shape index (κ3) is 5.62. The van der Waals surface area contributed by atoms with Crippen molar-refractivity contribution in [2.24, 2.45) is 0 Å². The summed E-state index contributed by atoms with van der Waals surface area (Å²) in [6.45, 7) is 0.158. The van der Waals surface area contributed by atoms with Gasteiger partial charge in [0, 0.05) is 24.5 Å². The van der Waals surface area contributed by atoms with Crippen molar-refractivity contribution in [2.45, 2.75) is 37.2 Å². The van der Waals surface area contributed by atoms with Crippen molar-refractivity contribution in [3.8, 4) is 5.75 Å². The van der Waals surface area contributed by atoms with Crippen LogP contribution in [0.4, 0.5) is 5.69 Å². The Bertz CT molecular complexity index is 1540. The Labute approximate surface area is 215 Å². The summed E-state index contributed by atoms with van der Waals surface area (Å²) in [6, 6.07) is 18.7. The normalized spacial score (nSPS) is 12.6. The maximum absolute atomic E-state index is 13.6. The van der Waals surface area contributed by atoms with Crippen molar-refractivity contribution in [1.29, 1.82) is 0 Å². The number of pyridine rings is 2. The van der Waals surface area contributed by atoms with Gasteiger partial charge >= 0.3 is 5.97 Å². The Kier molecular flexibility index (Phi) is 6.87. The van der Waals surface area contributed by atoms with Crippen molar-refractivity contribution in [2.75, 3.05) is 4.72 Å². The number of nitrogens with one attached hydrogen (secondary N) is 1. The van der Waals surface area contributed by atoms with E-state index in [1.807, 2.05) is 24.3 Å². The lowest BCUT2D eigenvalue weighted by atomic mass is 10.1. The van der Waals surface area contributed by atoms with E-state index in [9.17, 15) is 13.2 Å². The summed E-state index contributed by atoms with van der Waals surface area (Å²) in [5.41, 5.74) is 4.66. The number of ether oxygens (including phenoxy) is 1. The van der Waals surface area contributed by atoms with Crippen LogP contribution in [-0.2, 0) is 35.9 Å². The fraction of sp³-hybridized carbons (Fsp3) is 0.179. The molecule has 9 heteroatoms. The molecule has 188 valence electrons. The van der Waals surface area contributed by atoms with Gasteiger partial charge in [0.05, 0.1) is 16.9 Å². The van der Waals surface area contributed by atoms with Gasteiger partial charge < -0.3 is 9.84 Å². The first-order valence-corrected chi connectivity index (χ1v) is 13.3. The molecule has 5 rings (SSSR count). The summed E-state index contributed by atoms with van der Waals surface area (Å²) < 4.78 is 35.9. The van der Waals surface area contributed by atoms with Gasteiger partial charge in [-0.05, 0) is 84.5 Å². The molecule has 2 N–H and O–H groups in total. The largest absolute Gasteiger partial charge is 0.487 e. The van der Waals surface area contributed by atoms with Gasteiger partial charge in [0.15, 0.2) is 0 Å². The molecule has 4 aromatic rings. The lowest BCUT2D eigenvalue weighted by Crippen LogP contribution is -2.17. The lowest BCUT2D eigenvalue weighted by Gasteiger charge is -2.17. The molecule has 0 aliphatic heterocycles. The molecule has 0 saturated carbocycles. The summed E-state index contributed by atoms with van der Waals surface area (Å²) in [6.07, 6.45) is 6.28. The fourth-order valence-corrected chi connectivity index (χ4v) is 5.63. The number of carbonyl (C=O) groups is 1. The molecule has 0 atom stereocenters. The number of aryl methyl sites for hydroxylation is 2. The van der Waals surface area contributed by atoms with Gasteiger partial charge in [-0.15, -0.1) is 0 Å². The summed E-state index contributed by atoms with van der Waals surface area (Å²) in [5, 5.41) is 9.11. The molecular weight excluding hydrogens is 490 g/mol. The maximum atomic E-state index is 13.6. The van der Waals surface area contributed by atoms with Gasteiger partial charge in [0.2, 0.25) is 0 Å². The van der Waals surface area contributed by atoms with Crippen LogP contribution in [0.3, 0.4) is 0 Å². The van der Waals surface area contributed by atoms with E-state index >= 15 is 0 Å². The van der Waals surface area contributed by atoms with E-state index in [1.54, 1.807) is 36.7 Å². The van der Waals surface area contributed by atoms with Crippen LogP contribution in [-0.4, -0.2) is 29.5 Å². The van der Waals surface area contributed by atoms with Crippen LogP contribution in [0.25, 0.3) is 0 Å². The van der Waals surface area contributed by atoms with Crippen molar-refractivity contribution in [1.82, 2.24) is 9.97 Å². The minimum Gasteiger partial charge on any atom is -0.487 e. The molecular formula is C28H25N3O5S. The highest BCUT2D eigenvalue weighted by Crippen LogP contribution is 2.35. The molecule has 0 unspecified atom stereocenters. The average molecular weight is 516 g/mol. The highest BCUT2D eigenvalue weighted by Gasteiger charge is 2.24. The SMILES string of the molecule is O=C(O)c1ccc(COc2cc3c(cc2NS(=O)(=O)c2cccnc2Cc2ccccn2)CCC3)cc1. The Morgan fingerprint density at radius 2 is 1.70 bits per heavy atom. The van der Waals surface area contributed by atoms with Gasteiger partial charge in [-0.25, -0.2) is 13.2 Å². The molecule has 0 radical (unpaired) electrons. The second kappa shape index (κ2) is 10.4. The predicted molar refractivity (Wildman–Crippen MR) is 138 cm³/mol. The molecule has 0 fully saturated rings. The number of aromatic carboxylic acids is 1. The number of anilines is 1. The highest BCUT2D eigenvalue weighted by atomic mass is 32.2. The van der Waals surface area contributed by atoms with Crippen molar-refractivity contribution in [3.05, 3.63) is 113 Å². The zero-order chi connectivity index (χ0) is 25.8. The van der Waals surface area contributed by atoms with E-state index in [1.165, 1.54) is 18.2 Å². The third-order valence-corrected chi connectivity index (χ3v) is 7.69. The monoisotopic (exact) mass is 515 g/mol. The van der Waals surface area contributed by atoms with Crippen LogP contribution in [0.15, 0.2) is 84.0 Å². The van der Waals surface area contributed by atoms with E-state index in [0.29, 0.717) is 22.8 Å². The van der Waals surface area contributed by atoms with Crippen molar-refractivity contribution >= 4 is 21.7 Å². The maximum Gasteiger partial charge on any atom is 0.335 e. The Morgan fingerprint density at radius 1 is 0.946 bits per heavy atom. The molecule has 37 heavy (non-hydrogen) atoms. The Balaban J connectivity index is 1.42. The highest BCUT2D eigenvalue weighted by molar-refractivity contribution is 7.92. The average Bonchev–Trinajstić information content (AvgIpc) is 3.35. The van der Waals surface area contributed by atoms with E-state index < -0.39 is 16.0 Å². The molecule has 2 heterocycles. The number of rotatable bonds is 9. The molecule has 2 aromatic carbocycles. The minimum atomic E-state index is -3.99. The molecule has 0 amide bonds. The summed E-state index contributed by atoms with van der Waals surface area (Å²) in [5.74, 6) is -0.581. The van der Waals surface area contributed by atoms with E-state index in [0.717, 1.165) is 36.0 Å². The van der Waals surface area contributed by atoms with Gasteiger partial charge in [0.25, 0.3) is 10.0 Å². The number of fused-ring (bicyclic) bond motifs is 1. The molecule has 0 saturated heterocycles. The topological polar surface area (TPSA) is 118 Å².